The van der Waals surface area contributed by atoms with Crippen molar-refractivity contribution in [2.45, 2.75) is 64.5 Å². The minimum atomic E-state index is -0.853. The van der Waals surface area contributed by atoms with Crippen LogP contribution in [0.2, 0.25) is 0 Å². The van der Waals surface area contributed by atoms with Gasteiger partial charge in [-0.1, -0.05) is 13.3 Å². The van der Waals surface area contributed by atoms with Gasteiger partial charge in [-0.3, -0.25) is 0 Å². The van der Waals surface area contributed by atoms with Crippen LogP contribution in [0.1, 0.15) is 57.9 Å². The van der Waals surface area contributed by atoms with Crippen LogP contribution in [0.3, 0.4) is 0 Å². The monoisotopic (exact) mass is 424 g/mol. The van der Waals surface area contributed by atoms with Crippen molar-refractivity contribution in [1.29, 1.82) is 5.26 Å². The average Bonchev–Trinajstić information content (AvgIpc) is 3.33. The van der Waals surface area contributed by atoms with Crippen LogP contribution in [0, 0.1) is 22.7 Å². The molecule has 31 heavy (non-hydrogen) atoms. The molecule has 2 aromatic rings. The van der Waals surface area contributed by atoms with E-state index in [1.54, 1.807) is 11.0 Å². The molecule has 1 aromatic carbocycles. The fourth-order valence-corrected chi connectivity index (χ4v) is 5.57. The predicted molar refractivity (Wildman–Crippen MR) is 118 cm³/mol. The van der Waals surface area contributed by atoms with Crippen molar-refractivity contribution in [2.24, 2.45) is 11.3 Å². The van der Waals surface area contributed by atoms with Gasteiger partial charge in [-0.25, -0.2) is 9.78 Å². The van der Waals surface area contributed by atoms with E-state index in [9.17, 15) is 15.2 Å². The Morgan fingerprint density at radius 2 is 2.23 bits per heavy atom. The molecule has 1 saturated carbocycles. The number of hydrogen-bond donors (Lipinski definition) is 1. The van der Waals surface area contributed by atoms with Crippen molar-refractivity contribution in [3.63, 3.8) is 0 Å². The van der Waals surface area contributed by atoms with E-state index in [1.807, 2.05) is 25.4 Å². The van der Waals surface area contributed by atoms with Crippen molar-refractivity contribution in [3.05, 3.63) is 30.1 Å². The van der Waals surface area contributed by atoms with Gasteiger partial charge in [-0.2, -0.15) is 5.26 Å². The maximum atomic E-state index is 12.0. The molecule has 1 saturated heterocycles. The predicted octanol–water partition coefficient (Wildman–Crippen LogP) is 4.65. The molecule has 2 heterocycles. The van der Waals surface area contributed by atoms with Crippen LogP contribution in [0.25, 0.3) is 11.0 Å². The minimum absolute atomic E-state index is 0.0666. The molecule has 2 aliphatic rings. The Bertz CT molecular complexity index is 988. The van der Waals surface area contributed by atoms with Crippen molar-refractivity contribution in [1.82, 2.24) is 14.5 Å². The molecule has 3 unspecified atom stereocenters. The fraction of sp³-hybridized carbons (Fsp3) is 0.625. The molecule has 7 nitrogen and oxygen atoms in total. The Morgan fingerprint density at radius 3 is 2.94 bits per heavy atom. The summed E-state index contributed by atoms with van der Waals surface area (Å²) < 4.78 is 8.00. The first-order valence-corrected chi connectivity index (χ1v) is 11.3. The highest BCUT2D eigenvalue weighted by Crippen LogP contribution is 2.41. The van der Waals surface area contributed by atoms with E-state index in [1.165, 1.54) is 0 Å². The van der Waals surface area contributed by atoms with E-state index in [2.05, 4.69) is 22.5 Å². The van der Waals surface area contributed by atoms with Crippen LogP contribution in [-0.4, -0.2) is 50.9 Å². The van der Waals surface area contributed by atoms with Crippen LogP contribution >= 0.6 is 0 Å². The standard InChI is InChI=1S/C24H32N4O3/c1-23(15-28-17-26-20-7-6-18(13-25)11-21(20)28)8-3-5-19(12-23)14-27(22(29)30)16-24(2)9-4-10-31-24/h6-7,11,17,19H,3-5,8-10,12,14-16H2,1-2H3,(H,29,30). The highest BCUT2D eigenvalue weighted by atomic mass is 16.5. The molecule has 2 fully saturated rings. The van der Waals surface area contributed by atoms with Gasteiger partial charge in [0.2, 0.25) is 0 Å². The molecule has 3 atom stereocenters. The molecule has 1 aliphatic heterocycles. The molecule has 7 heteroatoms. The van der Waals surface area contributed by atoms with Gasteiger partial charge in [0.05, 0.1) is 41.1 Å². The number of rotatable bonds is 6. The van der Waals surface area contributed by atoms with E-state index in [0.29, 0.717) is 24.6 Å². The van der Waals surface area contributed by atoms with Gasteiger partial charge in [-0.15, -0.1) is 0 Å². The highest BCUT2D eigenvalue weighted by molar-refractivity contribution is 5.77. The molecule has 0 radical (unpaired) electrons. The van der Waals surface area contributed by atoms with E-state index in [0.717, 1.165) is 62.7 Å². The first kappa shape index (κ1) is 21.6. The summed E-state index contributed by atoms with van der Waals surface area (Å²) in [5.41, 5.74) is 2.24. The van der Waals surface area contributed by atoms with Gasteiger partial charge < -0.3 is 19.3 Å². The molecule has 1 aromatic heterocycles. The number of amides is 1. The minimum Gasteiger partial charge on any atom is -0.465 e. The van der Waals surface area contributed by atoms with Crippen molar-refractivity contribution >= 4 is 17.1 Å². The lowest BCUT2D eigenvalue weighted by atomic mass is 9.70. The Hall–Kier alpha value is -2.59. The number of nitrogens with zero attached hydrogens (tertiary/aromatic N) is 4. The number of nitriles is 1. The third kappa shape index (κ3) is 4.85. The van der Waals surface area contributed by atoms with Crippen LogP contribution in [0.5, 0.6) is 0 Å². The molecule has 0 bridgehead atoms. The number of imidazole rings is 1. The molecule has 166 valence electrons. The zero-order valence-electron chi connectivity index (χ0n) is 18.5. The topological polar surface area (TPSA) is 91.4 Å². The number of hydrogen-bond acceptors (Lipinski definition) is 4. The molecular formula is C24H32N4O3. The number of aromatic nitrogens is 2. The highest BCUT2D eigenvalue weighted by Gasteiger charge is 2.37. The van der Waals surface area contributed by atoms with Gasteiger partial charge in [0, 0.05) is 19.7 Å². The molecule has 1 aliphatic carbocycles. The normalized spacial score (nSPS) is 28.5. The third-order valence-electron chi connectivity index (χ3n) is 7.05. The second-order valence-electron chi connectivity index (χ2n) is 10.0. The molecule has 0 spiro atoms. The second-order valence-corrected chi connectivity index (χ2v) is 10.0. The lowest BCUT2D eigenvalue weighted by Gasteiger charge is -2.41. The van der Waals surface area contributed by atoms with Crippen molar-refractivity contribution in [2.75, 3.05) is 19.7 Å². The molecule has 4 rings (SSSR count). The summed E-state index contributed by atoms with van der Waals surface area (Å²) in [5.74, 6) is 0.337. The largest absolute Gasteiger partial charge is 0.465 e. The van der Waals surface area contributed by atoms with E-state index >= 15 is 0 Å². The maximum Gasteiger partial charge on any atom is 0.407 e. The van der Waals surface area contributed by atoms with Gasteiger partial charge in [0.1, 0.15) is 0 Å². The number of ether oxygens (including phenoxy) is 1. The van der Waals surface area contributed by atoms with Crippen LogP contribution in [0.4, 0.5) is 4.79 Å². The number of carboxylic acid groups (broad SMARTS) is 1. The Balaban J connectivity index is 1.45. The van der Waals surface area contributed by atoms with Crippen LogP contribution < -0.4 is 0 Å². The summed E-state index contributed by atoms with van der Waals surface area (Å²) in [7, 11) is 0. The summed E-state index contributed by atoms with van der Waals surface area (Å²) in [5, 5.41) is 19.1. The van der Waals surface area contributed by atoms with Crippen LogP contribution in [-0.2, 0) is 11.3 Å². The van der Waals surface area contributed by atoms with Gasteiger partial charge in [0.25, 0.3) is 0 Å². The second kappa shape index (κ2) is 8.51. The maximum absolute atomic E-state index is 12.0. The zero-order valence-corrected chi connectivity index (χ0v) is 18.5. The third-order valence-corrected chi connectivity index (χ3v) is 7.05. The zero-order chi connectivity index (χ0) is 22.1. The van der Waals surface area contributed by atoms with Gasteiger partial charge >= 0.3 is 6.09 Å². The lowest BCUT2D eigenvalue weighted by Crippen LogP contribution is -2.46. The first-order valence-electron chi connectivity index (χ1n) is 11.3. The van der Waals surface area contributed by atoms with E-state index in [4.69, 9.17) is 4.74 Å². The fourth-order valence-electron chi connectivity index (χ4n) is 5.57. The molecule has 1 N–H and O–H groups in total. The summed E-state index contributed by atoms with van der Waals surface area (Å²) in [4.78, 5) is 18.0. The van der Waals surface area contributed by atoms with E-state index < -0.39 is 6.09 Å². The number of benzene rings is 1. The number of carbonyl (C=O) groups is 1. The summed E-state index contributed by atoms with van der Waals surface area (Å²) in [6, 6.07) is 7.81. The summed E-state index contributed by atoms with van der Waals surface area (Å²) in [6.07, 6.45) is 7.16. The van der Waals surface area contributed by atoms with Crippen molar-refractivity contribution in [3.8, 4) is 6.07 Å². The number of fused-ring (bicyclic) bond motifs is 1. The van der Waals surface area contributed by atoms with Gasteiger partial charge in [-0.05, 0) is 68.6 Å². The van der Waals surface area contributed by atoms with Crippen molar-refractivity contribution < 1.29 is 14.6 Å². The van der Waals surface area contributed by atoms with Gasteiger partial charge in [0.15, 0.2) is 0 Å². The van der Waals surface area contributed by atoms with E-state index in [-0.39, 0.29) is 11.0 Å². The quantitative estimate of drug-likeness (QED) is 0.728. The SMILES string of the molecule is CC1(Cn2cnc3ccc(C#N)cc32)CCCC(CN(CC2(C)CCCO2)C(=O)O)C1. The Morgan fingerprint density at radius 1 is 1.39 bits per heavy atom. The first-order chi connectivity index (χ1) is 14.8. The Labute approximate surface area is 183 Å². The Kier molecular flexibility index (Phi) is 5.94. The smallest absolute Gasteiger partial charge is 0.407 e. The van der Waals surface area contributed by atoms with Crippen LogP contribution in [0.15, 0.2) is 24.5 Å². The lowest BCUT2D eigenvalue weighted by molar-refractivity contribution is -0.0119. The summed E-state index contributed by atoms with van der Waals surface area (Å²) in [6.45, 7) is 6.87. The molecule has 1 amide bonds. The molecular weight excluding hydrogens is 392 g/mol. The average molecular weight is 425 g/mol. The summed E-state index contributed by atoms with van der Waals surface area (Å²) >= 11 is 0.